The van der Waals surface area contributed by atoms with Gasteiger partial charge in [-0.05, 0) is 40.2 Å². The predicted octanol–water partition coefficient (Wildman–Crippen LogP) is 2.86. The van der Waals surface area contributed by atoms with Crippen LogP contribution in [0.3, 0.4) is 0 Å². The summed E-state index contributed by atoms with van der Waals surface area (Å²) < 4.78 is 5.69. The quantitative estimate of drug-likeness (QED) is 0.862. The highest BCUT2D eigenvalue weighted by Crippen LogP contribution is 2.27. The summed E-state index contributed by atoms with van der Waals surface area (Å²) in [5.74, 6) is 1.24. The van der Waals surface area contributed by atoms with E-state index in [2.05, 4.69) is 9.97 Å². The molecule has 1 N–H and O–H groups in total. The number of H-pyrrole nitrogens is 1. The summed E-state index contributed by atoms with van der Waals surface area (Å²) in [6.45, 7) is 11.1. The number of ether oxygens (including phenoxy) is 1. The van der Waals surface area contributed by atoms with Crippen molar-refractivity contribution in [1.82, 2.24) is 14.9 Å². The van der Waals surface area contributed by atoms with E-state index in [-0.39, 0.29) is 28.9 Å². The van der Waals surface area contributed by atoms with Gasteiger partial charge in [0.05, 0.1) is 28.6 Å². The molecule has 0 aromatic carbocycles. The van der Waals surface area contributed by atoms with Gasteiger partial charge in [-0.3, -0.25) is 9.59 Å². The van der Waals surface area contributed by atoms with Crippen LogP contribution < -0.4 is 5.56 Å². The summed E-state index contributed by atoms with van der Waals surface area (Å²) in [4.78, 5) is 36.3. The summed E-state index contributed by atoms with van der Waals surface area (Å²) in [6, 6.07) is 0. The van der Waals surface area contributed by atoms with Crippen LogP contribution in [0.25, 0.3) is 10.2 Å². The van der Waals surface area contributed by atoms with Crippen LogP contribution in [0.15, 0.2) is 4.79 Å². The Morgan fingerprint density at radius 1 is 1.38 bits per heavy atom. The van der Waals surface area contributed by atoms with Crippen LogP contribution in [-0.2, 0) is 15.3 Å². The molecular formula is C18H25N3O3S2. The van der Waals surface area contributed by atoms with Crippen LogP contribution in [0.1, 0.15) is 37.0 Å². The zero-order chi connectivity index (χ0) is 19.0. The molecule has 2 aromatic heterocycles. The van der Waals surface area contributed by atoms with E-state index in [0.29, 0.717) is 30.1 Å². The summed E-state index contributed by atoms with van der Waals surface area (Å²) in [5, 5.41) is 0.488. The van der Waals surface area contributed by atoms with Gasteiger partial charge >= 0.3 is 0 Å². The van der Waals surface area contributed by atoms with Crippen LogP contribution in [-0.4, -0.2) is 51.3 Å². The number of nitrogens with zero attached hydrogens (tertiary/aromatic N) is 2. The maximum Gasteiger partial charge on any atom is 0.259 e. The van der Waals surface area contributed by atoms with E-state index in [1.165, 1.54) is 11.8 Å². The summed E-state index contributed by atoms with van der Waals surface area (Å²) in [5.41, 5.74) is 0.902. The number of fused-ring (bicyclic) bond motifs is 1. The van der Waals surface area contributed by atoms with E-state index in [1.807, 2.05) is 39.5 Å². The minimum absolute atomic E-state index is 0.0608. The standard InChI is InChI=1S/C18H25N3O3S2/c1-9-6-21(7-10(2)24-9)18(23)13(5)25-8-14-19-16(22)15-11(3)12(4)26-17(15)20-14/h9-10,13H,6-8H2,1-5H3,(H,19,20,22)/t9-,10-,13-/m0/s1. The van der Waals surface area contributed by atoms with Gasteiger partial charge in [-0.25, -0.2) is 4.98 Å². The zero-order valence-corrected chi connectivity index (χ0v) is 17.4. The first-order valence-corrected chi connectivity index (χ1v) is 10.7. The maximum atomic E-state index is 12.7. The van der Waals surface area contributed by atoms with Gasteiger partial charge < -0.3 is 14.6 Å². The van der Waals surface area contributed by atoms with Crippen LogP contribution in [0.5, 0.6) is 0 Å². The molecule has 1 aliphatic heterocycles. The maximum absolute atomic E-state index is 12.7. The Morgan fingerprint density at radius 3 is 2.69 bits per heavy atom. The van der Waals surface area contributed by atoms with Gasteiger partial charge in [-0.2, -0.15) is 0 Å². The Kier molecular flexibility index (Phi) is 5.74. The van der Waals surface area contributed by atoms with Gasteiger partial charge in [0.15, 0.2) is 0 Å². The second kappa shape index (κ2) is 7.70. The lowest BCUT2D eigenvalue weighted by molar-refractivity contribution is -0.142. The van der Waals surface area contributed by atoms with Crippen molar-refractivity contribution in [3.8, 4) is 0 Å². The molecular weight excluding hydrogens is 370 g/mol. The lowest BCUT2D eigenvalue weighted by Gasteiger charge is -2.36. The number of hydrogen-bond acceptors (Lipinski definition) is 6. The fraction of sp³-hybridized carbons (Fsp3) is 0.611. The van der Waals surface area contributed by atoms with Crippen molar-refractivity contribution in [2.24, 2.45) is 0 Å². The average Bonchev–Trinajstić information content (AvgIpc) is 2.85. The fourth-order valence-corrected chi connectivity index (χ4v) is 5.14. The third-order valence-corrected chi connectivity index (χ3v) is 6.88. The molecule has 0 aliphatic carbocycles. The first-order chi connectivity index (χ1) is 12.3. The van der Waals surface area contributed by atoms with E-state index in [0.717, 1.165) is 15.3 Å². The molecule has 0 spiro atoms. The first-order valence-electron chi connectivity index (χ1n) is 8.81. The smallest absolute Gasteiger partial charge is 0.259 e. The second-order valence-corrected chi connectivity index (χ2v) is 9.46. The molecule has 0 radical (unpaired) electrons. The highest BCUT2D eigenvalue weighted by molar-refractivity contribution is 7.99. The molecule has 8 heteroatoms. The number of carbonyl (C=O) groups excluding carboxylic acids is 1. The Hall–Kier alpha value is -1.38. The Labute approximate surface area is 161 Å². The number of thiophene rings is 1. The number of nitrogens with one attached hydrogen (secondary N) is 1. The van der Waals surface area contributed by atoms with Crippen LogP contribution in [0, 0.1) is 13.8 Å². The van der Waals surface area contributed by atoms with E-state index < -0.39 is 0 Å². The van der Waals surface area contributed by atoms with Gasteiger partial charge in [0.1, 0.15) is 10.7 Å². The second-order valence-electron chi connectivity index (χ2n) is 6.93. The number of carbonyl (C=O) groups is 1. The third kappa shape index (κ3) is 3.97. The third-order valence-electron chi connectivity index (χ3n) is 4.64. The van der Waals surface area contributed by atoms with Gasteiger partial charge in [0, 0.05) is 18.0 Å². The van der Waals surface area contributed by atoms with Crippen LogP contribution >= 0.6 is 23.1 Å². The number of aromatic nitrogens is 2. The minimum Gasteiger partial charge on any atom is -0.372 e. The highest BCUT2D eigenvalue weighted by atomic mass is 32.2. The van der Waals surface area contributed by atoms with E-state index in [9.17, 15) is 9.59 Å². The number of hydrogen-bond donors (Lipinski definition) is 1. The molecule has 1 fully saturated rings. The molecule has 2 aromatic rings. The molecule has 1 saturated heterocycles. The Bertz CT molecular complexity index is 866. The lowest BCUT2D eigenvalue weighted by Crippen LogP contribution is -2.50. The number of morpholine rings is 1. The molecule has 26 heavy (non-hydrogen) atoms. The molecule has 3 heterocycles. The van der Waals surface area contributed by atoms with E-state index >= 15 is 0 Å². The number of rotatable bonds is 4. The molecule has 142 valence electrons. The monoisotopic (exact) mass is 395 g/mol. The average molecular weight is 396 g/mol. The minimum atomic E-state index is -0.194. The van der Waals surface area contributed by atoms with Gasteiger partial charge in [0.2, 0.25) is 5.91 Å². The molecule has 1 aliphatic rings. The Balaban J connectivity index is 1.67. The van der Waals surface area contributed by atoms with Crippen molar-refractivity contribution in [2.45, 2.75) is 57.8 Å². The van der Waals surface area contributed by atoms with Crippen LogP contribution in [0.4, 0.5) is 0 Å². The van der Waals surface area contributed by atoms with Crippen molar-refractivity contribution in [1.29, 1.82) is 0 Å². The highest BCUT2D eigenvalue weighted by Gasteiger charge is 2.29. The van der Waals surface area contributed by atoms with Crippen molar-refractivity contribution in [3.05, 3.63) is 26.6 Å². The summed E-state index contributed by atoms with van der Waals surface area (Å²) >= 11 is 3.04. The van der Waals surface area contributed by atoms with Gasteiger partial charge in [-0.15, -0.1) is 23.1 Å². The summed E-state index contributed by atoms with van der Waals surface area (Å²) in [7, 11) is 0. The topological polar surface area (TPSA) is 75.3 Å². The van der Waals surface area contributed by atoms with Gasteiger partial charge in [-0.1, -0.05) is 0 Å². The number of aromatic amines is 1. The number of aryl methyl sites for hydroxylation is 2. The van der Waals surface area contributed by atoms with E-state index in [4.69, 9.17) is 4.74 Å². The summed E-state index contributed by atoms with van der Waals surface area (Å²) in [6.07, 6.45) is 0.122. The molecule has 3 rings (SSSR count). The molecule has 3 atom stereocenters. The Morgan fingerprint density at radius 2 is 2.04 bits per heavy atom. The molecule has 0 saturated carbocycles. The SMILES string of the molecule is Cc1sc2nc(CS[C@@H](C)C(=O)N3C[C@H](C)O[C@@H](C)C3)[nH]c(=O)c2c1C. The lowest BCUT2D eigenvalue weighted by atomic mass is 10.2. The molecule has 0 bridgehead atoms. The van der Waals surface area contributed by atoms with Crippen molar-refractivity contribution < 1.29 is 9.53 Å². The molecule has 6 nitrogen and oxygen atoms in total. The number of amides is 1. The normalized spacial score (nSPS) is 22.0. The number of thioether (sulfide) groups is 1. The zero-order valence-electron chi connectivity index (χ0n) is 15.8. The van der Waals surface area contributed by atoms with Crippen LogP contribution in [0.2, 0.25) is 0 Å². The van der Waals surface area contributed by atoms with Crippen molar-refractivity contribution in [2.75, 3.05) is 13.1 Å². The first kappa shape index (κ1) is 19.4. The fourth-order valence-electron chi connectivity index (χ4n) is 3.26. The van der Waals surface area contributed by atoms with Gasteiger partial charge in [0.25, 0.3) is 5.56 Å². The van der Waals surface area contributed by atoms with Crippen molar-refractivity contribution >= 4 is 39.2 Å². The van der Waals surface area contributed by atoms with Crippen molar-refractivity contribution in [3.63, 3.8) is 0 Å². The molecule has 0 unspecified atom stereocenters. The predicted molar refractivity (Wildman–Crippen MR) is 107 cm³/mol. The largest absolute Gasteiger partial charge is 0.372 e. The van der Waals surface area contributed by atoms with E-state index in [1.54, 1.807) is 11.3 Å². The molecule has 1 amide bonds.